The molecule has 0 aliphatic heterocycles. The predicted octanol–water partition coefficient (Wildman–Crippen LogP) is 2.80. The molecule has 25 heavy (non-hydrogen) atoms. The number of rotatable bonds is 5. The summed E-state index contributed by atoms with van der Waals surface area (Å²) < 4.78 is 6.45. The molecule has 0 fully saturated rings. The number of benzene rings is 1. The first kappa shape index (κ1) is 16.4. The minimum atomic E-state index is -0.473. The summed E-state index contributed by atoms with van der Waals surface area (Å²) in [5, 5.41) is 26.9. The molecule has 0 spiro atoms. The van der Waals surface area contributed by atoms with Gasteiger partial charge in [0.25, 0.3) is 5.56 Å². The molecule has 0 saturated heterocycles. The van der Waals surface area contributed by atoms with Gasteiger partial charge in [0, 0.05) is 12.0 Å². The van der Waals surface area contributed by atoms with Crippen molar-refractivity contribution in [2.75, 3.05) is 0 Å². The summed E-state index contributed by atoms with van der Waals surface area (Å²) in [5.74, 6) is 0.0471. The highest BCUT2D eigenvalue weighted by Crippen LogP contribution is 2.27. The van der Waals surface area contributed by atoms with E-state index in [9.17, 15) is 10.1 Å². The third-order valence-corrected chi connectivity index (χ3v) is 3.98. The fourth-order valence-electron chi connectivity index (χ4n) is 2.70. The average molecular weight is 333 g/mol. The Hall–Kier alpha value is -3.45. The van der Waals surface area contributed by atoms with E-state index < -0.39 is 11.5 Å². The first-order valence-corrected chi connectivity index (χ1v) is 7.84. The quantitative estimate of drug-likeness (QED) is 0.710. The summed E-state index contributed by atoms with van der Waals surface area (Å²) >= 11 is 0. The minimum Gasteiger partial charge on any atom is -0.360 e. The first-order valence-electron chi connectivity index (χ1n) is 7.84. The largest absolute Gasteiger partial charge is 0.360 e. The van der Waals surface area contributed by atoms with E-state index >= 15 is 0 Å². The maximum atomic E-state index is 12.7. The summed E-state index contributed by atoms with van der Waals surface area (Å²) in [6.07, 6.45) is 0.640. The summed E-state index contributed by atoms with van der Waals surface area (Å²) in [7, 11) is 0. The maximum absolute atomic E-state index is 12.7. The molecule has 7 nitrogen and oxygen atoms in total. The molecule has 1 aromatic carbocycles. The van der Waals surface area contributed by atoms with Crippen molar-refractivity contribution in [1.29, 1.82) is 10.5 Å². The minimum absolute atomic E-state index is 0.110. The van der Waals surface area contributed by atoms with Crippen LogP contribution in [0.3, 0.4) is 0 Å². The van der Waals surface area contributed by atoms with Crippen LogP contribution in [0, 0.1) is 35.5 Å². The molecule has 0 unspecified atom stereocenters. The fourth-order valence-corrected chi connectivity index (χ4v) is 2.70. The lowest BCUT2D eigenvalue weighted by molar-refractivity contribution is 0.404. The van der Waals surface area contributed by atoms with Crippen molar-refractivity contribution >= 4 is 10.9 Å². The monoisotopic (exact) mass is 333 g/mol. The summed E-state index contributed by atoms with van der Waals surface area (Å²) in [6, 6.07) is 13.6. The van der Waals surface area contributed by atoms with E-state index in [2.05, 4.69) is 16.3 Å². The second kappa shape index (κ2) is 6.98. The average Bonchev–Trinajstić information content (AvgIpc) is 3.03. The summed E-state index contributed by atoms with van der Waals surface area (Å²) in [6.45, 7) is 1.84. The smallest absolute Gasteiger partial charge is 0.296 e. The van der Waals surface area contributed by atoms with E-state index in [0.29, 0.717) is 23.3 Å². The van der Waals surface area contributed by atoms with E-state index in [1.54, 1.807) is 6.92 Å². The highest BCUT2D eigenvalue weighted by atomic mass is 16.5. The topological polar surface area (TPSA) is 108 Å². The van der Waals surface area contributed by atoms with E-state index in [1.807, 2.05) is 36.4 Å². The van der Waals surface area contributed by atoms with Crippen LogP contribution in [0.2, 0.25) is 0 Å². The van der Waals surface area contributed by atoms with Crippen LogP contribution in [-0.4, -0.2) is 14.9 Å². The van der Waals surface area contributed by atoms with Crippen LogP contribution in [0.1, 0.15) is 18.6 Å². The molecular weight excluding hydrogens is 318 g/mol. The highest BCUT2D eigenvalue weighted by Gasteiger charge is 2.20. The molecule has 0 N–H and O–H groups in total. The standard InChI is InChI=1S/C18H15N5O2/c1-12-15-16(14-7-3-2-4-8-14)21-23(18(24)17(15)22-25-12)11-13(10-20)6-5-9-19/h2-4,7-8,13H,5-6,11H2,1H3/t13-/m0/s1. The van der Waals surface area contributed by atoms with Crippen LogP contribution < -0.4 is 5.56 Å². The lowest BCUT2D eigenvalue weighted by Crippen LogP contribution is -2.27. The molecule has 2 aromatic heterocycles. The van der Waals surface area contributed by atoms with Gasteiger partial charge in [0.05, 0.1) is 30.0 Å². The fraction of sp³-hybridized carbons (Fsp3) is 0.278. The number of fused-ring (bicyclic) bond motifs is 1. The lowest BCUT2D eigenvalue weighted by Gasteiger charge is -2.11. The van der Waals surface area contributed by atoms with Gasteiger partial charge in [-0.2, -0.15) is 15.6 Å². The molecule has 3 rings (SSSR count). The lowest BCUT2D eigenvalue weighted by atomic mass is 10.1. The number of aromatic nitrogens is 3. The zero-order valence-electron chi connectivity index (χ0n) is 13.6. The van der Waals surface area contributed by atoms with Gasteiger partial charge in [-0.05, 0) is 13.3 Å². The molecule has 0 bridgehead atoms. The van der Waals surface area contributed by atoms with E-state index in [-0.39, 0.29) is 18.5 Å². The van der Waals surface area contributed by atoms with Crippen molar-refractivity contribution in [2.24, 2.45) is 5.92 Å². The molecule has 124 valence electrons. The van der Waals surface area contributed by atoms with Crippen molar-refractivity contribution < 1.29 is 4.52 Å². The van der Waals surface area contributed by atoms with Crippen LogP contribution in [0.4, 0.5) is 0 Å². The van der Waals surface area contributed by atoms with Gasteiger partial charge in [-0.15, -0.1) is 0 Å². The Labute approximate surface area is 143 Å². The number of nitriles is 2. The van der Waals surface area contributed by atoms with Crippen molar-refractivity contribution in [2.45, 2.75) is 26.3 Å². The Morgan fingerprint density at radius 1 is 1.28 bits per heavy atom. The number of hydrogen-bond acceptors (Lipinski definition) is 6. The van der Waals surface area contributed by atoms with Crippen LogP contribution in [0.25, 0.3) is 22.2 Å². The molecule has 7 heteroatoms. The summed E-state index contributed by atoms with van der Waals surface area (Å²) in [5.41, 5.74) is 1.22. The third kappa shape index (κ3) is 3.13. The second-order valence-electron chi connectivity index (χ2n) is 5.69. The number of aryl methyl sites for hydroxylation is 1. The Morgan fingerprint density at radius 3 is 2.72 bits per heavy atom. The molecule has 0 saturated carbocycles. The molecule has 0 aliphatic carbocycles. The van der Waals surface area contributed by atoms with E-state index in [0.717, 1.165) is 5.56 Å². The van der Waals surface area contributed by atoms with Crippen LogP contribution in [-0.2, 0) is 6.54 Å². The molecule has 2 heterocycles. The van der Waals surface area contributed by atoms with Gasteiger partial charge in [-0.25, -0.2) is 4.68 Å². The first-order chi connectivity index (χ1) is 12.2. The summed E-state index contributed by atoms with van der Waals surface area (Å²) in [4.78, 5) is 12.7. The van der Waals surface area contributed by atoms with Gasteiger partial charge in [0.2, 0.25) is 0 Å². The van der Waals surface area contributed by atoms with Crippen LogP contribution in [0.5, 0.6) is 0 Å². The molecule has 0 amide bonds. The second-order valence-corrected chi connectivity index (χ2v) is 5.69. The van der Waals surface area contributed by atoms with E-state index in [4.69, 9.17) is 9.78 Å². The van der Waals surface area contributed by atoms with Crippen molar-refractivity contribution in [3.8, 4) is 23.4 Å². The highest BCUT2D eigenvalue weighted by molar-refractivity contribution is 5.92. The van der Waals surface area contributed by atoms with Gasteiger partial charge in [-0.3, -0.25) is 4.79 Å². The zero-order chi connectivity index (χ0) is 17.8. The predicted molar refractivity (Wildman–Crippen MR) is 90.2 cm³/mol. The molecule has 0 aliphatic rings. The van der Waals surface area contributed by atoms with E-state index in [1.165, 1.54) is 4.68 Å². The Kier molecular flexibility index (Phi) is 4.58. The zero-order valence-corrected chi connectivity index (χ0v) is 13.6. The van der Waals surface area contributed by atoms with Gasteiger partial charge in [0.15, 0.2) is 5.52 Å². The van der Waals surface area contributed by atoms with Gasteiger partial charge < -0.3 is 4.52 Å². The van der Waals surface area contributed by atoms with Gasteiger partial charge in [-0.1, -0.05) is 35.5 Å². The Morgan fingerprint density at radius 2 is 2.04 bits per heavy atom. The maximum Gasteiger partial charge on any atom is 0.296 e. The number of nitrogens with zero attached hydrogens (tertiary/aromatic N) is 5. The number of hydrogen-bond donors (Lipinski definition) is 0. The molecule has 3 aromatic rings. The van der Waals surface area contributed by atoms with Gasteiger partial charge >= 0.3 is 0 Å². The van der Waals surface area contributed by atoms with Crippen molar-refractivity contribution in [3.05, 3.63) is 46.4 Å². The molecular formula is C18H15N5O2. The van der Waals surface area contributed by atoms with Crippen molar-refractivity contribution in [3.63, 3.8) is 0 Å². The van der Waals surface area contributed by atoms with Gasteiger partial charge in [0.1, 0.15) is 11.5 Å². The van der Waals surface area contributed by atoms with Crippen LogP contribution in [0.15, 0.2) is 39.6 Å². The molecule has 1 atom stereocenters. The SMILES string of the molecule is Cc1onc2c(=O)n(C[C@H](C#N)CCC#N)nc(-c3ccccc3)c12. The van der Waals surface area contributed by atoms with Crippen LogP contribution >= 0.6 is 0 Å². The third-order valence-electron chi connectivity index (χ3n) is 3.98. The normalized spacial score (nSPS) is 11.8. The molecule has 0 radical (unpaired) electrons. The Bertz CT molecular complexity index is 1040. The Balaban J connectivity index is 2.15. The van der Waals surface area contributed by atoms with Crippen molar-refractivity contribution in [1.82, 2.24) is 14.9 Å².